The molecule has 0 aliphatic heterocycles. The zero-order chi connectivity index (χ0) is 19.5. The molecule has 27 heavy (non-hydrogen) atoms. The Morgan fingerprint density at radius 1 is 0.593 bits per heavy atom. The van der Waals surface area contributed by atoms with Gasteiger partial charge in [-0.1, -0.05) is 90.4 Å². The van der Waals surface area contributed by atoms with Crippen molar-refractivity contribution in [3.8, 4) is 0 Å². The van der Waals surface area contributed by atoms with Gasteiger partial charge in [0.05, 0.1) is 26.2 Å². The van der Waals surface area contributed by atoms with Crippen LogP contribution in [0.1, 0.15) is 118 Å². The van der Waals surface area contributed by atoms with E-state index < -0.39 is 0 Å². The van der Waals surface area contributed by atoms with E-state index in [1.54, 1.807) is 0 Å². The first-order valence-corrected chi connectivity index (χ1v) is 11.7. The number of halogens is 1. The molecule has 0 N–H and O–H groups in total. The molecule has 0 rings (SSSR count). The number of hydrogen-bond donors (Lipinski definition) is 0. The van der Waals surface area contributed by atoms with Crippen molar-refractivity contribution in [2.24, 2.45) is 0 Å². The lowest BCUT2D eigenvalue weighted by Crippen LogP contribution is -3.00. The zero-order valence-electron chi connectivity index (χ0n) is 18.9. The summed E-state index contributed by atoms with van der Waals surface area (Å²) in [5, 5.41) is 0. The highest BCUT2D eigenvalue weighted by Gasteiger charge is 2.33. The van der Waals surface area contributed by atoms with Gasteiger partial charge in [0.25, 0.3) is 0 Å². The number of ether oxygens (including phenoxy) is 1. The summed E-state index contributed by atoms with van der Waals surface area (Å²) in [5.41, 5.74) is 0. The van der Waals surface area contributed by atoms with E-state index in [1.807, 2.05) is 0 Å². The Balaban J connectivity index is 0. The van der Waals surface area contributed by atoms with E-state index in [0.29, 0.717) is 11.1 Å². The van der Waals surface area contributed by atoms with Crippen LogP contribution in [0.4, 0.5) is 4.79 Å². The second kappa shape index (κ2) is 20.9. The van der Waals surface area contributed by atoms with Gasteiger partial charge < -0.3 is 28.7 Å². The molecule has 0 aliphatic carbocycles. The van der Waals surface area contributed by atoms with Crippen molar-refractivity contribution in [2.75, 3.05) is 26.2 Å². The first-order chi connectivity index (χ1) is 12.7. The maximum atomic E-state index is 12.2. The predicted octanol–water partition coefficient (Wildman–Crippen LogP) is 4.48. The number of unbranched alkanes of at least 4 members (excludes halogenated alkanes) is 13. The Labute approximate surface area is 187 Å². The van der Waals surface area contributed by atoms with Crippen molar-refractivity contribution in [2.45, 2.75) is 118 Å². The molecule has 0 saturated carbocycles. The topological polar surface area (TPSA) is 26.3 Å². The molecule has 0 spiro atoms. The third-order valence-electron chi connectivity index (χ3n) is 5.93. The second-order valence-corrected chi connectivity index (χ2v) is 7.80. The van der Waals surface area contributed by atoms with E-state index in [0.717, 1.165) is 26.1 Å². The summed E-state index contributed by atoms with van der Waals surface area (Å²) >= 11 is 0. The molecule has 0 aromatic carbocycles. The predicted molar refractivity (Wildman–Crippen MR) is 114 cm³/mol. The van der Waals surface area contributed by atoms with Crippen LogP contribution in [0.15, 0.2) is 0 Å². The molecule has 0 atom stereocenters. The van der Waals surface area contributed by atoms with Gasteiger partial charge in [0.15, 0.2) is 0 Å². The molecule has 0 aromatic rings. The maximum absolute atomic E-state index is 12.2. The van der Waals surface area contributed by atoms with Crippen molar-refractivity contribution in [3.63, 3.8) is 0 Å². The Bertz CT molecular complexity index is 311. The fourth-order valence-corrected chi connectivity index (χ4v) is 3.65. The summed E-state index contributed by atoms with van der Waals surface area (Å²) in [5.74, 6) is 0. The number of carbonyl (C=O) groups excluding carboxylic acids is 1. The van der Waals surface area contributed by atoms with Gasteiger partial charge in [-0.25, -0.2) is 4.48 Å². The van der Waals surface area contributed by atoms with Crippen LogP contribution >= 0.6 is 0 Å². The molecule has 0 heterocycles. The molecular formula is C23H48INO2. The molecule has 0 bridgehead atoms. The number of quaternary nitrogens is 1. The highest BCUT2D eigenvalue weighted by Crippen LogP contribution is 2.14. The molecule has 1 amide bonds. The van der Waals surface area contributed by atoms with Gasteiger partial charge >= 0.3 is 6.09 Å². The average Bonchev–Trinajstić information content (AvgIpc) is 2.66. The molecule has 3 nitrogen and oxygen atoms in total. The number of nitrogens with zero attached hydrogens (tertiary/aromatic N) is 1. The van der Waals surface area contributed by atoms with Crippen LogP contribution in [0.25, 0.3) is 0 Å². The van der Waals surface area contributed by atoms with Gasteiger partial charge in [0.1, 0.15) is 0 Å². The molecule has 0 fully saturated rings. The number of carbonyl (C=O) groups is 1. The normalized spacial score (nSPS) is 11.3. The van der Waals surface area contributed by atoms with Gasteiger partial charge in [0.2, 0.25) is 0 Å². The maximum Gasteiger partial charge on any atom is 0.516 e. The minimum Gasteiger partial charge on any atom is -1.00 e. The lowest BCUT2D eigenvalue weighted by atomic mass is 10.0. The highest BCUT2D eigenvalue weighted by molar-refractivity contribution is 5.59. The summed E-state index contributed by atoms with van der Waals surface area (Å²) in [6.07, 6.45) is 18.9. The van der Waals surface area contributed by atoms with Crippen molar-refractivity contribution in [1.82, 2.24) is 0 Å². The standard InChI is InChI=1S/C23H48NO2.HI/c1-5-9-10-11-12-13-14-15-16-17-18-19-20-21-22-26-23(25)24(6-2,7-3)8-4;/h5-22H2,1-4H3;1H/q+1;/p-1. The lowest BCUT2D eigenvalue weighted by molar-refractivity contribution is -0.852. The molecule has 164 valence electrons. The van der Waals surface area contributed by atoms with Gasteiger partial charge in [-0.05, 0) is 27.2 Å². The summed E-state index contributed by atoms with van der Waals surface area (Å²) in [7, 11) is 0. The zero-order valence-corrected chi connectivity index (χ0v) is 21.0. The minimum absolute atomic E-state index is 0. The van der Waals surface area contributed by atoms with Crippen molar-refractivity contribution < 1.29 is 38.0 Å². The largest absolute Gasteiger partial charge is 1.00 e. The molecular weight excluding hydrogens is 449 g/mol. The van der Waals surface area contributed by atoms with Crippen LogP contribution in [0.2, 0.25) is 0 Å². The van der Waals surface area contributed by atoms with Crippen LogP contribution < -0.4 is 24.0 Å². The Hall–Kier alpha value is 0.160. The van der Waals surface area contributed by atoms with Crippen LogP contribution in [0.5, 0.6) is 0 Å². The Morgan fingerprint density at radius 3 is 1.26 bits per heavy atom. The second-order valence-electron chi connectivity index (χ2n) is 7.80. The van der Waals surface area contributed by atoms with Crippen LogP contribution in [-0.4, -0.2) is 36.8 Å². The van der Waals surface area contributed by atoms with Crippen molar-refractivity contribution in [3.05, 3.63) is 0 Å². The first kappa shape index (κ1) is 29.4. The summed E-state index contributed by atoms with van der Waals surface area (Å²) in [6, 6.07) is 0. The monoisotopic (exact) mass is 497 g/mol. The minimum atomic E-state index is -0.0350. The molecule has 0 unspecified atom stereocenters. The molecule has 0 radical (unpaired) electrons. The molecule has 0 aliphatic rings. The molecule has 4 heteroatoms. The average molecular weight is 498 g/mol. The van der Waals surface area contributed by atoms with E-state index in [9.17, 15) is 4.79 Å². The molecule has 0 saturated heterocycles. The van der Waals surface area contributed by atoms with E-state index in [-0.39, 0.29) is 30.1 Å². The fraction of sp³-hybridized carbons (Fsp3) is 0.957. The van der Waals surface area contributed by atoms with Crippen LogP contribution in [0.3, 0.4) is 0 Å². The number of rotatable bonds is 18. The highest BCUT2D eigenvalue weighted by atomic mass is 127. The van der Waals surface area contributed by atoms with Gasteiger partial charge in [-0.15, -0.1) is 0 Å². The van der Waals surface area contributed by atoms with Crippen molar-refractivity contribution >= 4 is 6.09 Å². The third-order valence-corrected chi connectivity index (χ3v) is 5.93. The summed E-state index contributed by atoms with van der Waals surface area (Å²) in [4.78, 5) is 12.2. The van der Waals surface area contributed by atoms with Gasteiger partial charge in [0, 0.05) is 0 Å². The van der Waals surface area contributed by atoms with E-state index in [1.165, 1.54) is 83.5 Å². The quantitative estimate of drug-likeness (QED) is 0.159. The van der Waals surface area contributed by atoms with Crippen molar-refractivity contribution in [1.29, 1.82) is 0 Å². The van der Waals surface area contributed by atoms with Crippen LogP contribution in [0, 0.1) is 0 Å². The van der Waals surface area contributed by atoms with Gasteiger partial charge in [-0.3, -0.25) is 0 Å². The van der Waals surface area contributed by atoms with Gasteiger partial charge in [-0.2, -0.15) is 4.79 Å². The Morgan fingerprint density at radius 2 is 0.926 bits per heavy atom. The lowest BCUT2D eigenvalue weighted by Gasteiger charge is -2.30. The number of amides is 1. The molecule has 0 aromatic heterocycles. The summed E-state index contributed by atoms with van der Waals surface area (Å²) in [6.45, 7) is 11.6. The van der Waals surface area contributed by atoms with E-state index in [4.69, 9.17) is 4.74 Å². The SMILES string of the molecule is CCCCCCCCCCCCCCCCOC(=O)[N+](CC)(CC)CC.[I-]. The number of hydrogen-bond acceptors (Lipinski definition) is 2. The van der Waals surface area contributed by atoms with E-state index >= 15 is 0 Å². The smallest absolute Gasteiger partial charge is 0.516 e. The third kappa shape index (κ3) is 14.8. The van der Waals surface area contributed by atoms with E-state index in [2.05, 4.69) is 27.7 Å². The van der Waals surface area contributed by atoms with Crippen LogP contribution in [-0.2, 0) is 4.74 Å². The fourth-order valence-electron chi connectivity index (χ4n) is 3.65. The first-order valence-electron chi connectivity index (χ1n) is 11.7. The summed E-state index contributed by atoms with van der Waals surface area (Å²) < 4.78 is 5.98. The Kier molecular flexibility index (Phi) is 22.7.